The Morgan fingerprint density at radius 3 is 0.788 bits per heavy atom. The number of hydrogen-bond donors (Lipinski definition) is 1. The lowest BCUT2D eigenvalue weighted by Gasteiger charge is -2.09. The molecule has 2 rings (SSSR count). The molecular formula is C65H115F4NO27S2. The summed E-state index contributed by atoms with van der Waals surface area (Å²) in [7, 11) is 3.96. The van der Waals surface area contributed by atoms with Crippen LogP contribution in [0.3, 0.4) is 0 Å². The Bertz CT molecular complexity index is 1890. The van der Waals surface area contributed by atoms with Crippen LogP contribution >= 0.6 is 21.6 Å². The summed E-state index contributed by atoms with van der Waals surface area (Å²) in [6.45, 7) is 21.0. The molecule has 1 aromatic carbocycles. The second kappa shape index (κ2) is 75.3. The van der Waals surface area contributed by atoms with E-state index >= 15 is 0 Å². The van der Waals surface area contributed by atoms with E-state index in [4.69, 9.17) is 114 Å². The molecule has 1 fully saturated rings. The van der Waals surface area contributed by atoms with Crippen LogP contribution in [0.25, 0.3) is 0 Å². The van der Waals surface area contributed by atoms with E-state index in [1.165, 1.54) is 18.6 Å². The van der Waals surface area contributed by atoms with Crippen molar-refractivity contribution < 1.29 is 146 Å². The van der Waals surface area contributed by atoms with Crippen molar-refractivity contribution in [2.45, 2.75) is 43.8 Å². The van der Waals surface area contributed by atoms with Gasteiger partial charge < -0.3 is 124 Å². The summed E-state index contributed by atoms with van der Waals surface area (Å²) in [5.74, 6) is -8.16. The molecule has 1 amide bonds. The molecule has 1 aliphatic heterocycles. The van der Waals surface area contributed by atoms with Gasteiger partial charge in [0.15, 0.2) is 11.6 Å². The maximum absolute atomic E-state index is 13.6. The third kappa shape index (κ3) is 64.9. The predicted molar refractivity (Wildman–Crippen MR) is 356 cm³/mol. The van der Waals surface area contributed by atoms with E-state index in [9.17, 15) is 27.2 Å². The van der Waals surface area contributed by atoms with Gasteiger partial charge in [-0.05, 0) is 19.3 Å². The van der Waals surface area contributed by atoms with Crippen LogP contribution < -0.4 is 10.1 Å². The van der Waals surface area contributed by atoms with Gasteiger partial charge in [0.05, 0.1) is 324 Å². The number of hydrogen-bond acceptors (Lipinski definition) is 29. The molecule has 34 heteroatoms. The molecule has 0 aromatic heterocycles. The van der Waals surface area contributed by atoms with Crippen LogP contribution in [0.1, 0.15) is 38.5 Å². The Labute approximate surface area is 590 Å². The fraction of sp³-hybridized carbons (Fsp3) is 0.877. The molecule has 582 valence electrons. The molecule has 1 unspecified atom stereocenters. The van der Waals surface area contributed by atoms with Crippen LogP contribution in [0.4, 0.5) is 17.6 Å². The summed E-state index contributed by atoms with van der Waals surface area (Å²) in [6.07, 6.45) is 4.76. The normalized spacial score (nSPS) is 13.2. The Morgan fingerprint density at radius 2 is 0.556 bits per heavy atom. The highest BCUT2D eigenvalue weighted by atomic mass is 33.1. The summed E-state index contributed by atoms with van der Waals surface area (Å²) < 4.78 is 190. The summed E-state index contributed by atoms with van der Waals surface area (Å²) in [5, 5.41) is 3.69. The molecule has 0 bridgehead atoms. The summed E-state index contributed by atoms with van der Waals surface area (Å²) in [4.78, 5) is 23.7. The lowest BCUT2D eigenvalue weighted by atomic mass is 10.1. The molecule has 28 nitrogen and oxygen atoms in total. The van der Waals surface area contributed by atoms with Crippen molar-refractivity contribution in [2.75, 3.05) is 329 Å². The highest BCUT2D eigenvalue weighted by Crippen LogP contribution is 2.40. The average Bonchev–Trinajstić information content (AvgIpc) is 1.08. The second-order valence-corrected chi connectivity index (χ2v) is 23.4. The number of unbranched alkanes of at least 4 members (excludes halogenated alkanes) is 1. The Morgan fingerprint density at radius 1 is 0.323 bits per heavy atom. The first-order valence-corrected chi connectivity index (χ1v) is 36.7. The number of nitrogens with one attached hydrogen (secondary N) is 1. The summed E-state index contributed by atoms with van der Waals surface area (Å²) in [5.41, 5.74) is 0. The van der Waals surface area contributed by atoms with E-state index in [0.717, 1.165) is 18.1 Å². The van der Waals surface area contributed by atoms with Gasteiger partial charge >= 0.3 is 5.97 Å². The van der Waals surface area contributed by atoms with E-state index in [1.54, 1.807) is 0 Å². The van der Waals surface area contributed by atoms with Crippen molar-refractivity contribution in [3.63, 3.8) is 0 Å². The zero-order valence-electron chi connectivity index (χ0n) is 58.1. The molecule has 0 aliphatic carbocycles. The van der Waals surface area contributed by atoms with E-state index in [0.29, 0.717) is 310 Å². The minimum Gasteiger partial charge on any atom is -0.420 e. The van der Waals surface area contributed by atoms with Crippen LogP contribution in [-0.2, 0) is 123 Å². The molecule has 1 saturated heterocycles. The third-order valence-corrected chi connectivity index (χ3v) is 15.8. The molecule has 0 radical (unpaired) electrons. The smallest absolute Gasteiger partial charge is 0.313 e. The maximum Gasteiger partial charge on any atom is 0.313 e. The first-order chi connectivity index (χ1) is 48.9. The van der Waals surface area contributed by atoms with Crippen molar-refractivity contribution in [3.05, 3.63) is 29.3 Å². The van der Waals surface area contributed by atoms with Gasteiger partial charge in [-0.25, -0.2) is 8.78 Å². The molecule has 1 atom stereocenters. The Hall–Kier alpha value is -2.38. The van der Waals surface area contributed by atoms with Crippen molar-refractivity contribution >= 4 is 33.5 Å². The number of carbonyl (C=O) groups excluding carboxylic acids is 2. The highest BCUT2D eigenvalue weighted by molar-refractivity contribution is 8.77. The van der Waals surface area contributed by atoms with Crippen LogP contribution in [0.5, 0.6) is 5.75 Å². The quantitative estimate of drug-likeness (QED) is 0.0230. The SMILES string of the molecule is O=C(CCCCC1CCSS1)NCCOCCOCCOCCOCCOCCOCCOCCOCCOCCOCCOCCOCCOCCOCCOCCOCCOCCOCCOCCOCCOCCOCCOCCOCCC(=O)Oc1c(F)c(F)cc(F)c1F. The van der Waals surface area contributed by atoms with Crippen molar-refractivity contribution in [3.8, 4) is 5.75 Å². The molecular weight excluding hydrogens is 1370 g/mol. The number of amides is 1. The fourth-order valence-electron chi connectivity index (χ4n) is 7.69. The molecule has 0 spiro atoms. The third-order valence-electron chi connectivity index (χ3n) is 12.8. The number of carbonyl (C=O) groups is 2. The molecule has 1 N–H and O–H groups in total. The zero-order chi connectivity index (χ0) is 70.7. The second-order valence-electron chi connectivity index (χ2n) is 20.6. The first kappa shape index (κ1) is 92.7. The lowest BCUT2D eigenvalue weighted by Crippen LogP contribution is -2.27. The van der Waals surface area contributed by atoms with Crippen molar-refractivity contribution in [2.24, 2.45) is 0 Å². The summed E-state index contributed by atoms with van der Waals surface area (Å²) in [6, 6.07) is 0.0164. The van der Waals surface area contributed by atoms with Crippen molar-refractivity contribution in [1.82, 2.24) is 5.32 Å². The highest BCUT2D eigenvalue weighted by Gasteiger charge is 2.23. The van der Waals surface area contributed by atoms with Crippen LogP contribution in [0.2, 0.25) is 0 Å². The van der Waals surface area contributed by atoms with Gasteiger partial charge in [0.1, 0.15) is 0 Å². The van der Waals surface area contributed by atoms with E-state index in [2.05, 4.69) is 10.1 Å². The Kier molecular flexibility index (Phi) is 70.5. The van der Waals surface area contributed by atoms with Crippen LogP contribution in [0.15, 0.2) is 6.07 Å². The monoisotopic (exact) mass is 1480 g/mol. The average molecular weight is 1480 g/mol. The number of halogens is 4. The summed E-state index contributed by atoms with van der Waals surface area (Å²) >= 11 is 0. The van der Waals surface area contributed by atoms with Gasteiger partial charge in [-0.3, -0.25) is 9.59 Å². The van der Waals surface area contributed by atoms with Gasteiger partial charge in [0.25, 0.3) is 0 Å². The lowest BCUT2D eigenvalue weighted by molar-refractivity contribution is -0.136. The standard InChI is InChI=1S/C65H115F4NO27S2/c66-59-57-60(67)64(69)65(63(59)68)97-62(72)5-8-73-10-12-75-14-16-77-18-20-79-22-24-81-26-28-83-30-32-85-34-36-87-38-40-89-42-44-91-46-48-93-50-52-95-54-55-96-53-51-94-49-47-92-45-43-90-41-39-88-37-35-86-33-31-84-29-27-82-25-23-80-21-19-78-17-15-76-13-11-74-9-7-70-61(71)4-2-1-3-58-6-56-98-99-58/h57-58H,1-56H2,(H,70,71). The molecule has 1 aromatic rings. The fourth-order valence-corrected chi connectivity index (χ4v) is 10.7. The van der Waals surface area contributed by atoms with Gasteiger partial charge in [0, 0.05) is 30.0 Å². The minimum absolute atomic E-state index is 0.0164. The Balaban J connectivity index is 1.09. The van der Waals surface area contributed by atoms with E-state index < -0.39 is 41.4 Å². The van der Waals surface area contributed by atoms with Gasteiger partial charge in [-0.1, -0.05) is 28.0 Å². The maximum atomic E-state index is 13.6. The van der Waals surface area contributed by atoms with Crippen LogP contribution in [0, 0.1) is 23.3 Å². The molecule has 0 saturated carbocycles. The predicted octanol–water partition coefficient (Wildman–Crippen LogP) is 4.77. The van der Waals surface area contributed by atoms with E-state index in [-0.39, 0.29) is 31.8 Å². The van der Waals surface area contributed by atoms with Crippen molar-refractivity contribution in [1.29, 1.82) is 0 Å². The van der Waals surface area contributed by atoms with Crippen LogP contribution in [-0.4, -0.2) is 347 Å². The molecule has 1 heterocycles. The minimum atomic E-state index is -1.80. The van der Waals surface area contributed by atoms with Gasteiger partial charge in [-0.2, -0.15) is 8.78 Å². The van der Waals surface area contributed by atoms with E-state index in [1.807, 2.05) is 21.6 Å². The number of rotatable bonds is 81. The number of esters is 1. The van der Waals surface area contributed by atoms with Gasteiger partial charge in [-0.15, -0.1) is 0 Å². The van der Waals surface area contributed by atoms with Gasteiger partial charge in [0.2, 0.25) is 23.3 Å². The largest absolute Gasteiger partial charge is 0.420 e. The first-order valence-electron chi connectivity index (χ1n) is 34.3. The molecule has 99 heavy (non-hydrogen) atoms. The zero-order valence-corrected chi connectivity index (χ0v) is 59.7. The number of benzene rings is 1. The topological polar surface area (TPSA) is 277 Å². The number of ether oxygens (including phenoxy) is 25. The molecule has 1 aliphatic rings.